The third-order valence-corrected chi connectivity index (χ3v) is 4.68. The van der Waals surface area contributed by atoms with Crippen LogP contribution in [0, 0.1) is 23.7 Å². The summed E-state index contributed by atoms with van der Waals surface area (Å²) in [5.41, 5.74) is -0.981. The minimum atomic E-state index is -0.981. The zero-order chi connectivity index (χ0) is 10.5. The molecule has 0 aromatic heterocycles. The number of hydrogen-bond acceptors (Lipinski definition) is 1. The van der Waals surface area contributed by atoms with Crippen LogP contribution in [0.1, 0.15) is 34.1 Å². The molecule has 2 aliphatic heterocycles. The topological polar surface area (TPSA) is 12.0 Å². The first-order valence-corrected chi connectivity index (χ1v) is 5.87. The maximum atomic E-state index is 14.7. The molecule has 5 unspecified atom stereocenters. The summed E-state index contributed by atoms with van der Waals surface area (Å²) in [6.45, 7) is 9.16. The molecular weight excluding hydrogens is 177 g/mol. The van der Waals surface area contributed by atoms with Gasteiger partial charge in [-0.05, 0) is 37.6 Å². The molecule has 0 amide bonds. The Hall–Kier alpha value is -0.110. The summed E-state index contributed by atoms with van der Waals surface area (Å²) in [4.78, 5) is 0. The van der Waals surface area contributed by atoms with E-state index in [9.17, 15) is 4.39 Å². The molecule has 5 atom stereocenters. The van der Waals surface area contributed by atoms with E-state index < -0.39 is 5.67 Å². The number of hydrogen-bond donors (Lipinski definition) is 1. The van der Waals surface area contributed by atoms with E-state index in [2.05, 4.69) is 26.1 Å². The second-order valence-corrected chi connectivity index (χ2v) is 5.72. The average molecular weight is 199 g/mol. The van der Waals surface area contributed by atoms with Crippen molar-refractivity contribution in [3.05, 3.63) is 0 Å². The zero-order valence-electron chi connectivity index (χ0n) is 9.68. The van der Waals surface area contributed by atoms with Crippen molar-refractivity contribution >= 4 is 0 Å². The summed E-state index contributed by atoms with van der Waals surface area (Å²) < 4.78 is 14.7. The zero-order valence-corrected chi connectivity index (χ0v) is 9.68. The van der Waals surface area contributed by atoms with Crippen LogP contribution in [0.4, 0.5) is 4.39 Å². The van der Waals surface area contributed by atoms with Crippen molar-refractivity contribution in [1.82, 2.24) is 5.32 Å². The largest absolute Gasteiger partial charge is 0.313 e. The first-order chi connectivity index (χ1) is 6.44. The summed E-state index contributed by atoms with van der Waals surface area (Å²) in [5, 5.41) is 3.40. The lowest BCUT2D eigenvalue weighted by molar-refractivity contribution is -0.0424. The number of halogens is 1. The summed E-state index contributed by atoms with van der Waals surface area (Å²) in [7, 11) is 0. The highest BCUT2D eigenvalue weighted by Gasteiger charge is 2.57. The summed E-state index contributed by atoms with van der Waals surface area (Å²) in [5.74, 6) is 1.48. The Kier molecular flexibility index (Phi) is 2.37. The monoisotopic (exact) mass is 199 g/mol. The molecule has 2 heteroatoms. The second kappa shape index (κ2) is 3.19. The molecule has 0 aromatic rings. The Morgan fingerprint density at radius 2 is 2.00 bits per heavy atom. The molecule has 1 aliphatic carbocycles. The molecule has 3 aliphatic rings. The van der Waals surface area contributed by atoms with E-state index in [0.29, 0.717) is 17.9 Å². The van der Waals surface area contributed by atoms with Crippen molar-refractivity contribution in [3.63, 3.8) is 0 Å². The van der Waals surface area contributed by atoms with Crippen LogP contribution in [-0.2, 0) is 0 Å². The van der Waals surface area contributed by atoms with Crippen LogP contribution in [0.2, 0.25) is 0 Å². The summed E-state index contributed by atoms with van der Waals surface area (Å²) >= 11 is 0. The minimum Gasteiger partial charge on any atom is -0.313 e. The van der Waals surface area contributed by atoms with Gasteiger partial charge in [0.15, 0.2) is 0 Å². The second-order valence-electron chi connectivity index (χ2n) is 5.72. The van der Waals surface area contributed by atoms with E-state index in [-0.39, 0.29) is 11.8 Å². The molecule has 3 fully saturated rings. The molecule has 2 saturated heterocycles. The van der Waals surface area contributed by atoms with Gasteiger partial charge in [-0.1, -0.05) is 20.8 Å². The van der Waals surface area contributed by atoms with Gasteiger partial charge < -0.3 is 5.32 Å². The lowest BCUT2D eigenvalue weighted by atomic mass is 9.61. The molecule has 1 nitrogen and oxygen atoms in total. The van der Waals surface area contributed by atoms with Gasteiger partial charge in [-0.2, -0.15) is 0 Å². The van der Waals surface area contributed by atoms with E-state index in [1.54, 1.807) is 0 Å². The molecule has 0 aromatic carbocycles. The third-order valence-electron chi connectivity index (χ3n) is 4.68. The molecule has 14 heavy (non-hydrogen) atoms. The maximum absolute atomic E-state index is 14.7. The fourth-order valence-electron chi connectivity index (χ4n) is 3.29. The van der Waals surface area contributed by atoms with Crippen LogP contribution in [0.25, 0.3) is 0 Å². The summed E-state index contributed by atoms with van der Waals surface area (Å²) in [6, 6.07) is 0.469. The van der Waals surface area contributed by atoms with Crippen LogP contribution in [0.15, 0.2) is 0 Å². The Morgan fingerprint density at radius 3 is 2.36 bits per heavy atom. The number of fused-ring (bicyclic) bond motifs is 1. The smallest absolute Gasteiger partial charge is 0.115 e. The highest BCUT2D eigenvalue weighted by atomic mass is 19.1. The number of nitrogens with one attached hydrogen (secondary N) is 1. The highest BCUT2D eigenvalue weighted by molar-refractivity contribution is 5.10. The molecule has 0 radical (unpaired) electrons. The molecule has 2 bridgehead atoms. The molecule has 1 saturated carbocycles. The number of alkyl halides is 1. The molecule has 1 N–H and O–H groups in total. The lowest BCUT2D eigenvalue weighted by Gasteiger charge is -2.47. The quantitative estimate of drug-likeness (QED) is 0.736. The Morgan fingerprint density at radius 1 is 1.36 bits per heavy atom. The number of rotatable bonds is 3. The predicted molar refractivity (Wildman–Crippen MR) is 56.9 cm³/mol. The fraction of sp³-hybridized carbons (Fsp3) is 1.00. The lowest BCUT2D eigenvalue weighted by Crippen LogP contribution is -2.53. The molecule has 3 rings (SSSR count). The standard InChI is InChI=1S/C12H22FN/c1-7(2)8(3)12(4,13)11-9-5-10(11)14-6-9/h7-11,14H,5-6H2,1-4H3. The maximum Gasteiger partial charge on any atom is 0.115 e. The van der Waals surface area contributed by atoms with Crippen molar-refractivity contribution < 1.29 is 4.39 Å². The van der Waals surface area contributed by atoms with Crippen LogP contribution in [-0.4, -0.2) is 18.3 Å². The Balaban J connectivity index is 2.08. The Labute approximate surface area is 86.5 Å². The van der Waals surface area contributed by atoms with Crippen molar-refractivity contribution in [3.8, 4) is 0 Å². The van der Waals surface area contributed by atoms with E-state index in [4.69, 9.17) is 0 Å². The SMILES string of the molecule is CC(C)C(C)C(C)(F)C1C2CNC1C2. The average Bonchev–Trinajstić information content (AvgIpc) is 2.61. The van der Waals surface area contributed by atoms with Crippen LogP contribution in [0.5, 0.6) is 0 Å². The van der Waals surface area contributed by atoms with Crippen LogP contribution in [0.3, 0.4) is 0 Å². The molecule has 0 spiro atoms. The fourth-order valence-corrected chi connectivity index (χ4v) is 3.29. The van der Waals surface area contributed by atoms with Gasteiger partial charge in [-0.25, -0.2) is 4.39 Å². The first kappa shape index (κ1) is 10.4. The van der Waals surface area contributed by atoms with Gasteiger partial charge >= 0.3 is 0 Å². The van der Waals surface area contributed by atoms with Crippen molar-refractivity contribution in [2.45, 2.75) is 45.8 Å². The first-order valence-electron chi connectivity index (χ1n) is 5.87. The third kappa shape index (κ3) is 1.30. The van der Waals surface area contributed by atoms with Crippen LogP contribution >= 0.6 is 0 Å². The minimum absolute atomic E-state index is 0.165. The van der Waals surface area contributed by atoms with E-state index in [1.165, 1.54) is 6.42 Å². The van der Waals surface area contributed by atoms with Crippen molar-refractivity contribution in [1.29, 1.82) is 0 Å². The van der Waals surface area contributed by atoms with Crippen molar-refractivity contribution in [2.24, 2.45) is 23.7 Å². The normalized spacial score (nSPS) is 42.0. The van der Waals surface area contributed by atoms with Gasteiger partial charge in [-0.3, -0.25) is 0 Å². The molecular formula is C12H22FN. The van der Waals surface area contributed by atoms with Crippen molar-refractivity contribution in [2.75, 3.05) is 6.54 Å². The molecule has 82 valence electrons. The summed E-state index contributed by atoms with van der Waals surface area (Å²) in [6.07, 6.45) is 1.20. The van der Waals surface area contributed by atoms with Gasteiger partial charge in [0.1, 0.15) is 5.67 Å². The Bertz CT molecular complexity index is 210. The van der Waals surface area contributed by atoms with Gasteiger partial charge in [0.2, 0.25) is 0 Å². The molecule has 2 heterocycles. The van der Waals surface area contributed by atoms with Gasteiger partial charge in [0.05, 0.1) is 0 Å². The van der Waals surface area contributed by atoms with Gasteiger partial charge in [0.25, 0.3) is 0 Å². The van der Waals surface area contributed by atoms with E-state index in [1.807, 2.05) is 6.92 Å². The van der Waals surface area contributed by atoms with E-state index >= 15 is 0 Å². The highest BCUT2D eigenvalue weighted by Crippen LogP contribution is 2.51. The predicted octanol–water partition coefficient (Wildman–Crippen LogP) is 2.61. The van der Waals surface area contributed by atoms with Gasteiger partial charge in [0, 0.05) is 12.0 Å². The van der Waals surface area contributed by atoms with Gasteiger partial charge in [-0.15, -0.1) is 0 Å². The van der Waals surface area contributed by atoms with Crippen LogP contribution < -0.4 is 5.32 Å². The van der Waals surface area contributed by atoms with E-state index in [0.717, 1.165) is 6.54 Å².